The van der Waals surface area contributed by atoms with Crippen LogP contribution in [0.4, 0.5) is 0 Å². The van der Waals surface area contributed by atoms with Crippen molar-refractivity contribution in [3.63, 3.8) is 0 Å². The van der Waals surface area contributed by atoms with Crippen molar-refractivity contribution in [3.05, 3.63) is 58.3 Å². The molecule has 4 nitrogen and oxygen atoms in total. The lowest BCUT2D eigenvalue weighted by Gasteiger charge is -2.10. The first-order valence-electron chi connectivity index (χ1n) is 8.36. The Balaban J connectivity index is 1.87. The fourth-order valence-corrected chi connectivity index (χ4v) is 3.06. The average molecular weight is 330 g/mol. The normalized spacial score (nSPS) is 13.2. The van der Waals surface area contributed by atoms with Crippen LogP contribution in [0.1, 0.15) is 25.3 Å². The van der Waals surface area contributed by atoms with Crippen LogP contribution in [0.2, 0.25) is 0 Å². The van der Waals surface area contributed by atoms with Gasteiger partial charge in [-0.2, -0.15) is 10.5 Å². The molecule has 0 spiro atoms. The lowest BCUT2D eigenvalue weighted by atomic mass is 9.92. The molecule has 0 aliphatic carbocycles. The first-order valence-corrected chi connectivity index (χ1v) is 8.36. The van der Waals surface area contributed by atoms with Crippen LogP contribution in [0.3, 0.4) is 0 Å². The third kappa shape index (κ3) is 3.54. The number of benzene rings is 2. The minimum Gasteiger partial charge on any atom is -0.456 e. The van der Waals surface area contributed by atoms with Gasteiger partial charge in [-0.3, -0.25) is 4.79 Å². The van der Waals surface area contributed by atoms with E-state index in [0.29, 0.717) is 41.2 Å². The molecule has 1 aromatic heterocycles. The third-order valence-electron chi connectivity index (χ3n) is 4.46. The Morgan fingerprint density at radius 3 is 2.56 bits per heavy atom. The number of nitriles is 2. The summed E-state index contributed by atoms with van der Waals surface area (Å²) in [7, 11) is 0. The summed E-state index contributed by atoms with van der Waals surface area (Å²) in [5.74, 6) is -0.280. The van der Waals surface area contributed by atoms with Gasteiger partial charge >= 0.3 is 0 Å². The molecule has 0 saturated heterocycles. The minimum absolute atomic E-state index is 0.0337. The smallest absolute Gasteiger partial charge is 0.200 e. The van der Waals surface area contributed by atoms with Gasteiger partial charge in [0, 0.05) is 11.8 Å². The van der Waals surface area contributed by atoms with Crippen molar-refractivity contribution in [2.75, 3.05) is 0 Å². The molecule has 3 rings (SSSR count). The maximum absolute atomic E-state index is 12.7. The van der Waals surface area contributed by atoms with E-state index in [9.17, 15) is 10.1 Å². The van der Waals surface area contributed by atoms with Gasteiger partial charge in [-0.15, -0.1) is 0 Å². The molecule has 0 saturated carbocycles. The largest absolute Gasteiger partial charge is 0.456 e. The molecule has 0 aliphatic rings. The number of aryl methyl sites for hydroxylation is 1. The Labute approximate surface area is 145 Å². The van der Waals surface area contributed by atoms with Crippen molar-refractivity contribution in [1.82, 2.24) is 0 Å². The van der Waals surface area contributed by atoms with E-state index in [0.717, 1.165) is 5.56 Å². The quantitative estimate of drug-likeness (QED) is 0.642. The molecule has 2 atom stereocenters. The van der Waals surface area contributed by atoms with Crippen LogP contribution in [-0.2, 0) is 6.42 Å². The van der Waals surface area contributed by atoms with Crippen molar-refractivity contribution < 1.29 is 4.42 Å². The van der Waals surface area contributed by atoms with E-state index in [1.807, 2.05) is 37.3 Å². The average Bonchev–Trinajstić information content (AvgIpc) is 2.65. The summed E-state index contributed by atoms with van der Waals surface area (Å²) < 4.78 is 5.81. The van der Waals surface area contributed by atoms with Crippen molar-refractivity contribution in [2.24, 2.45) is 11.8 Å². The highest BCUT2D eigenvalue weighted by Crippen LogP contribution is 2.22. The molecular formula is C21H18N2O2. The molecular weight excluding hydrogens is 312 g/mol. The van der Waals surface area contributed by atoms with E-state index < -0.39 is 0 Å². The lowest BCUT2D eigenvalue weighted by Crippen LogP contribution is -2.06. The summed E-state index contributed by atoms with van der Waals surface area (Å²) in [6, 6.07) is 17.3. The van der Waals surface area contributed by atoms with Crippen molar-refractivity contribution in [2.45, 2.75) is 26.2 Å². The van der Waals surface area contributed by atoms with Crippen LogP contribution in [0.5, 0.6) is 0 Å². The lowest BCUT2D eigenvalue weighted by molar-refractivity contribution is 0.495. The second kappa shape index (κ2) is 7.20. The maximum atomic E-state index is 12.7. The summed E-state index contributed by atoms with van der Waals surface area (Å²) >= 11 is 0. The zero-order valence-electron chi connectivity index (χ0n) is 14.0. The van der Waals surface area contributed by atoms with Gasteiger partial charge in [0.05, 0.1) is 22.9 Å². The van der Waals surface area contributed by atoms with Crippen LogP contribution >= 0.6 is 0 Å². The van der Waals surface area contributed by atoms with Crippen LogP contribution in [0.25, 0.3) is 21.9 Å². The molecule has 2 unspecified atom stereocenters. The second-order valence-electron chi connectivity index (χ2n) is 6.39. The van der Waals surface area contributed by atoms with E-state index in [1.165, 1.54) is 0 Å². The van der Waals surface area contributed by atoms with E-state index in [2.05, 4.69) is 12.1 Å². The number of rotatable bonds is 5. The van der Waals surface area contributed by atoms with Crippen molar-refractivity contribution in [1.29, 1.82) is 10.5 Å². The standard InChI is InChI=1S/C21H18N2O2/c1-14(12-22)10-16(13-23)7-6-15-8-9-20-18(11-15)21(24)17-4-2-3-5-19(17)25-20/h2-5,8-9,11,14,16H,6-7,10H2,1H3. The Bertz CT molecular complexity index is 1050. The topological polar surface area (TPSA) is 77.8 Å². The molecule has 25 heavy (non-hydrogen) atoms. The zero-order valence-corrected chi connectivity index (χ0v) is 14.0. The number of nitrogens with zero attached hydrogens (tertiary/aromatic N) is 2. The number of para-hydroxylation sites is 1. The van der Waals surface area contributed by atoms with Crippen molar-refractivity contribution >= 4 is 21.9 Å². The molecule has 4 heteroatoms. The summed E-state index contributed by atoms with van der Waals surface area (Å²) in [4.78, 5) is 12.7. The first-order chi connectivity index (χ1) is 12.1. The molecule has 0 fully saturated rings. The number of hydrogen-bond donors (Lipinski definition) is 0. The second-order valence-corrected chi connectivity index (χ2v) is 6.39. The van der Waals surface area contributed by atoms with Gasteiger partial charge in [0.15, 0.2) is 0 Å². The molecule has 0 aliphatic heterocycles. The molecule has 3 aromatic rings. The van der Waals surface area contributed by atoms with E-state index >= 15 is 0 Å². The molecule has 1 heterocycles. The molecule has 0 amide bonds. The fraction of sp³-hybridized carbons (Fsp3) is 0.286. The predicted octanol–water partition coefficient (Wildman–Crippen LogP) is 4.57. The van der Waals surface area contributed by atoms with Crippen LogP contribution in [-0.4, -0.2) is 0 Å². The fourth-order valence-electron chi connectivity index (χ4n) is 3.06. The predicted molar refractivity (Wildman–Crippen MR) is 96.8 cm³/mol. The Kier molecular flexibility index (Phi) is 4.82. The zero-order chi connectivity index (χ0) is 17.8. The summed E-state index contributed by atoms with van der Waals surface area (Å²) in [6.07, 6.45) is 1.94. The highest BCUT2D eigenvalue weighted by Gasteiger charge is 2.13. The van der Waals surface area contributed by atoms with Gasteiger partial charge in [-0.1, -0.05) is 18.2 Å². The Morgan fingerprint density at radius 2 is 1.80 bits per heavy atom. The van der Waals surface area contributed by atoms with E-state index in [4.69, 9.17) is 9.68 Å². The van der Waals surface area contributed by atoms with Crippen LogP contribution in [0, 0.1) is 34.5 Å². The summed E-state index contributed by atoms with van der Waals surface area (Å²) in [6.45, 7) is 1.83. The highest BCUT2D eigenvalue weighted by atomic mass is 16.3. The minimum atomic E-state index is -0.154. The molecule has 124 valence electrons. The maximum Gasteiger partial charge on any atom is 0.200 e. The van der Waals surface area contributed by atoms with Gasteiger partial charge in [0.2, 0.25) is 5.43 Å². The summed E-state index contributed by atoms with van der Waals surface area (Å²) in [5, 5.41) is 19.3. The molecule has 0 bridgehead atoms. The van der Waals surface area contributed by atoms with Crippen molar-refractivity contribution in [3.8, 4) is 12.1 Å². The SMILES string of the molecule is CC(C#N)CC(C#N)CCc1ccc2oc3ccccc3c(=O)c2c1. The number of fused-ring (bicyclic) bond motifs is 2. The van der Waals surface area contributed by atoms with Gasteiger partial charge in [0.1, 0.15) is 11.2 Å². The highest BCUT2D eigenvalue weighted by molar-refractivity contribution is 5.89. The van der Waals surface area contributed by atoms with Gasteiger partial charge < -0.3 is 4.42 Å². The summed E-state index contributed by atoms with van der Waals surface area (Å²) in [5.41, 5.74) is 2.12. The molecule has 0 radical (unpaired) electrons. The molecule has 2 aromatic carbocycles. The first kappa shape index (κ1) is 16.7. The third-order valence-corrected chi connectivity index (χ3v) is 4.46. The van der Waals surface area contributed by atoms with Gasteiger partial charge in [-0.25, -0.2) is 0 Å². The van der Waals surface area contributed by atoms with E-state index in [1.54, 1.807) is 12.1 Å². The Hall–Kier alpha value is -3.11. The van der Waals surface area contributed by atoms with Gasteiger partial charge in [-0.05, 0) is 56.0 Å². The van der Waals surface area contributed by atoms with Crippen LogP contribution < -0.4 is 5.43 Å². The molecule has 0 N–H and O–H groups in total. The Morgan fingerprint density at radius 1 is 1.04 bits per heavy atom. The monoisotopic (exact) mass is 330 g/mol. The number of hydrogen-bond acceptors (Lipinski definition) is 4. The van der Waals surface area contributed by atoms with E-state index in [-0.39, 0.29) is 17.3 Å². The van der Waals surface area contributed by atoms with Gasteiger partial charge in [0.25, 0.3) is 0 Å². The van der Waals surface area contributed by atoms with Crippen LogP contribution in [0.15, 0.2) is 51.7 Å².